The van der Waals surface area contributed by atoms with Crippen molar-refractivity contribution in [3.05, 3.63) is 42.5 Å². The lowest BCUT2D eigenvalue weighted by Crippen LogP contribution is -2.27. The molecular weight excluding hydrogens is 330 g/mol. The standard InChI is InChI=1S/C17H17NO5S/c1-3-24(21,22)18(2)17-15(20)14(19)16(23-17)13-9-8-11-6-4-5-7-12(11)10-13/h4-10,19-20H,3H2,1-2H3. The molecule has 3 rings (SSSR count). The van der Waals surface area contributed by atoms with Gasteiger partial charge in [0.1, 0.15) is 0 Å². The van der Waals surface area contributed by atoms with E-state index in [0.717, 1.165) is 15.1 Å². The van der Waals surface area contributed by atoms with Crippen molar-refractivity contribution in [1.82, 2.24) is 0 Å². The van der Waals surface area contributed by atoms with E-state index < -0.39 is 21.5 Å². The Morgan fingerprint density at radius 2 is 1.71 bits per heavy atom. The van der Waals surface area contributed by atoms with Gasteiger partial charge in [-0.1, -0.05) is 36.4 Å². The van der Waals surface area contributed by atoms with E-state index in [9.17, 15) is 18.6 Å². The maximum absolute atomic E-state index is 12.0. The highest BCUT2D eigenvalue weighted by molar-refractivity contribution is 7.92. The Morgan fingerprint density at radius 1 is 1.04 bits per heavy atom. The molecule has 6 nitrogen and oxygen atoms in total. The largest absolute Gasteiger partial charge is 0.502 e. The van der Waals surface area contributed by atoms with Gasteiger partial charge in [-0.25, -0.2) is 12.7 Å². The van der Waals surface area contributed by atoms with Gasteiger partial charge >= 0.3 is 0 Å². The Morgan fingerprint density at radius 3 is 2.38 bits per heavy atom. The van der Waals surface area contributed by atoms with Gasteiger partial charge < -0.3 is 14.6 Å². The quantitative estimate of drug-likeness (QED) is 0.756. The molecule has 0 radical (unpaired) electrons. The topological polar surface area (TPSA) is 91.0 Å². The molecule has 7 heteroatoms. The van der Waals surface area contributed by atoms with Crippen LogP contribution in [0.4, 0.5) is 5.88 Å². The number of benzene rings is 2. The van der Waals surface area contributed by atoms with Crippen molar-refractivity contribution in [3.63, 3.8) is 0 Å². The predicted octanol–water partition coefficient (Wildman–Crippen LogP) is 3.30. The number of anilines is 1. The molecule has 0 atom stereocenters. The maximum atomic E-state index is 12.0. The number of rotatable bonds is 4. The second-order valence-electron chi connectivity index (χ2n) is 5.36. The minimum Gasteiger partial charge on any atom is -0.502 e. The molecule has 0 fully saturated rings. The van der Waals surface area contributed by atoms with Crippen LogP contribution in [0.25, 0.3) is 22.1 Å². The molecule has 24 heavy (non-hydrogen) atoms. The molecule has 1 aromatic heterocycles. The lowest BCUT2D eigenvalue weighted by molar-refractivity contribution is 0.409. The molecule has 0 aliphatic heterocycles. The normalized spacial score (nSPS) is 11.8. The molecule has 0 unspecified atom stereocenters. The Labute approximate surface area is 139 Å². The average molecular weight is 347 g/mol. The summed E-state index contributed by atoms with van der Waals surface area (Å²) in [7, 11) is -2.36. The van der Waals surface area contributed by atoms with Crippen molar-refractivity contribution in [3.8, 4) is 22.8 Å². The zero-order chi connectivity index (χ0) is 17.5. The molecule has 0 aliphatic carbocycles. The van der Waals surface area contributed by atoms with Crippen LogP contribution < -0.4 is 4.31 Å². The molecular formula is C17H17NO5S. The van der Waals surface area contributed by atoms with Crippen LogP contribution in [-0.4, -0.2) is 31.4 Å². The lowest BCUT2D eigenvalue weighted by Gasteiger charge is -2.14. The van der Waals surface area contributed by atoms with Gasteiger partial charge in [0.25, 0.3) is 5.88 Å². The van der Waals surface area contributed by atoms with Crippen LogP contribution in [-0.2, 0) is 10.0 Å². The molecule has 2 aromatic carbocycles. The van der Waals surface area contributed by atoms with E-state index in [2.05, 4.69) is 0 Å². The Kier molecular flexibility index (Phi) is 3.88. The molecule has 0 bridgehead atoms. The minimum absolute atomic E-state index is 0.0198. The first-order chi connectivity index (χ1) is 11.3. The Balaban J connectivity index is 2.13. The van der Waals surface area contributed by atoms with E-state index in [1.807, 2.05) is 30.3 Å². The van der Waals surface area contributed by atoms with Crippen molar-refractivity contribution >= 4 is 26.7 Å². The van der Waals surface area contributed by atoms with Crippen molar-refractivity contribution in [2.24, 2.45) is 0 Å². The van der Waals surface area contributed by atoms with E-state index in [1.54, 1.807) is 12.1 Å². The van der Waals surface area contributed by atoms with Gasteiger partial charge in [0.15, 0.2) is 5.76 Å². The summed E-state index contributed by atoms with van der Waals surface area (Å²) in [6.45, 7) is 1.48. The molecule has 0 saturated carbocycles. The minimum atomic E-state index is -3.63. The molecule has 0 saturated heterocycles. The zero-order valence-electron chi connectivity index (χ0n) is 13.2. The van der Waals surface area contributed by atoms with Crippen molar-refractivity contribution in [2.45, 2.75) is 6.92 Å². The molecule has 0 aliphatic rings. The highest BCUT2D eigenvalue weighted by atomic mass is 32.2. The average Bonchev–Trinajstić information content (AvgIpc) is 2.89. The van der Waals surface area contributed by atoms with Crippen LogP contribution in [0.5, 0.6) is 11.5 Å². The van der Waals surface area contributed by atoms with Crippen LogP contribution >= 0.6 is 0 Å². The second kappa shape index (κ2) is 5.76. The van der Waals surface area contributed by atoms with E-state index in [-0.39, 0.29) is 17.4 Å². The Hall–Kier alpha value is -2.67. The van der Waals surface area contributed by atoms with Gasteiger partial charge in [-0.3, -0.25) is 0 Å². The number of nitrogens with zero attached hydrogens (tertiary/aromatic N) is 1. The van der Waals surface area contributed by atoms with Gasteiger partial charge in [-0.05, 0) is 23.8 Å². The van der Waals surface area contributed by atoms with Crippen LogP contribution in [0.2, 0.25) is 0 Å². The van der Waals surface area contributed by atoms with E-state index in [4.69, 9.17) is 4.42 Å². The summed E-state index contributed by atoms with van der Waals surface area (Å²) in [4.78, 5) is 0. The third-order valence-corrected chi connectivity index (χ3v) is 5.65. The van der Waals surface area contributed by atoms with E-state index >= 15 is 0 Å². The summed E-state index contributed by atoms with van der Waals surface area (Å²) in [6.07, 6.45) is 0. The summed E-state index contributed by atoms with van der Waals surface area (Å²) >= 11 is 0. The van der Waals surface area contributed by atoms with Crippen LogP contribution in [0.3, 0.4) is 0 Å². The number of fused-ring (bicyclic) bond motifs is 1. The number of furan rings is 1. The summed E-state index contributed by atoms with van der Waals surface area (Å²) in [5, 5.41) is 22.2. The maximum Gasteiger partial charge on any atom is 0.256 e. The molecule has 0 spiro atoms. The number of hydrogen-bond donors (Lipinski definition) is 2. The van der Waals surface area contributed by atoms with Crippen LogP contribution in [0, 0.1) is 0 Å². The van der Waals surface area contributed by atoms with Crippen molar-refractivity contribution < 1.29 is 23.0 Å². The molecule has 3 aromatic rings. The van der Waals surface area contributed by atoms with Gasteiger partial charge in [-0.2, -0.15) is 0 Å². The van der Waals surface area contributed by atoms with Crippen LogP contribution in [0.1, 0.15) is 6.92 Å². The van der Waals surface area contributed by atoms with Crippen molar-refractivity contribution in [2.75, 3.05) is 17.1 Å². The van der Waals surface area contributed by atoms with E-state index in [1.165, 1.54) is 14.0 Å². The first-order valence-electron chi connectivity index (χ1n) is 7.35. The SMILES string of the molecule is CCS(=O)(=O)N(C)c1oc(-c2ccc3ccccc3c2)c(O)c1O. The smallest absolute Gasteiger partial charge is 0.256 e. The number of hydrogen-bond acceptors (Lipinski definition) is 5. The zero-order valence-corrected chi connectivity index (χ0v) is 14.0. The third-order valence-electron chi connectivity index (χ3n) is 3.92. The summed E-state index contributed by atoms with van der Waals surface area (Å²) in [5.41, 5.74) is 0.537. The fraction of sp³-hybridized carbons (Fsp3) is 0.176. The highest BCUT2D eigenvalue weighted by Crippen LogP contribution is 2.47. The van der Waals surface area contributed by atoms with Gasteiger partial charge in [0.2, 0.25) is 21.5 Å². The van der Waals surface area contributed by atoms with Crippen LogP contribution in [0.15, 0.2) is 46.9 Å². The van der Waals surface area contributed by atoms with Gasteiger partial charge in [0.05, 0.1) is 5.75 Å². The second-order valence-corrected chi connectivity index (χ2v) is 7.65. The number of sulfonamides is 1. The fourth-order valence-electron chi connectivity index (χ4n) is 2.46. The monoisotopic (exact) mass is 347 g/mol. The highest BCUT2D eigenvalue weighted by Gasteiger charge is 2.28. The molecule has 126 valence electrons. The molecule has 0 amide bonds. The lowest BCUT2D eigenvalue weighted by atomic mass is 10.1. The summed E-state index contributed by atoms with van der Waals surface area (Å²) in [5.74, 6) is -1.53. The predicted molar refractivity (Wildman–Crippen MR) is 92.8 cm³/mol. The Bertz CT molecular complexity index is 1010. The van der Waals surface area contributed by atoms with Crippen molar-refractivity contribution in [1.29, 1.82) is 0 Å². The molecule has 1 heterocycles. The first-order valence-corrected chi connectivity index (χ1v) is 8.96. The first kappa shape index (κ1) is 16.2. The number of aromatic hydroxyl groups is 2. The fourth-order valence-corrected chi connectivity index (χ4v) is 3.23. The summed E-state index contributed by atoms with van der Waals surface area (Å²) in [6, 6.07) is 13.1. The third kappa shape index (κ3) is 2.56. The molecule has 2 N–H and O–H groups in total. The van der Waals surface area contributed by atoms with Gasteiger partial charge in [0, 0.05) is 12.6 Å². The van der Waals surface area contributed by atoms with E-state index in [0.29, 0.717) is 5.56 Å². The summed E-state index contributed by atoms with van der Waals surface area (Å²) < 4.78 is 30.2. The van der Waals surface area contributed by atoms with Gasteiger partial charge in [-0.15, -0.1) is 0 Å².